The average molecular weight is 212 g/mol. The average Bonchev–Trinajstić information content (AvgIpc) is 2.56. The zero-order valence-electron chi connectivity index (χ0n) is 9.58. The molecule has 0 bridgehead atoms. The number of nitrogens with one attached hydrogen (secondary N) is 1. The molecule has 0 saturated carbocycles. The summed E-state index contributed by atoms with van der Waals surface area (Å²) in [5.41, 5.74) is 0.279. The molecule has 1 atom stereocenters. The lowest BCUT2D eigenvalue weighted by atomic mass is 9.77. The highest BCUT2D eigenvalue weighted by Crippen LogP contribution is 2.30. The maximum absolute atomic E-state index is 11.3. The van der Waals surface area contributed by atoms with Gasteiger partial charge in [0.1, 0.15) is 6.61 Å². The second-order valence-corrected chi connectivity index (χ2v) is 5.16. The summed E-state index contributed by atoms with van der Waals surface area (Å²) < 4.78 is 4.93. The number of ether oxygens (including phenoxy) is 1. The van der Waals surface area contributed by atoms with Crippen LogP contribution in [0, 0.1) is 5.41 Å². The van der Waals surface area contributed by atoms with Gasteiger partial charge in [0.25, 0.3) is 0 Å². The monoisotopic (exact) mass is 212 g/mol. The zero-order chi connectivity index (χ0) is 10.9. The van der Waals surface area contributed by atoms with E-state index < -0.39 is 0 Å². The van der Waals surface area contributed by atoms with Crippen molar-refractivity contribution in [3.63, 3.8) is 0 Å². The van der Waals surface area contributed by atoms with Gasteiger partial charge in [-0.3, -0.25) is 0 Å². The van der Waals surface area contributed by atoms with Crippen LogP contribution in [0.25, 0.3) is 0 Å². The number of rotatable bonds is 2. The molecule has 2 rings (SSSR count). The third-order valence-electron chi connectivity index (χ3n) is 3.58. The molecule has 2 aliphatic heterocycles. The highest BCUT2D eigenvalue weighted by atomic mass is 16.6. The summed E-state index contributed by atoms with van der Waals surface area (Å²) in [4.78, 5) is 13.1. The van der Waals surface area contributed by atoms with Gasteiger partial charge in [0, 0.05) is 12.6 Å². The minimum absolute atomic E-state index is 0.154. The normalized spacial score (nSPS) is 30.4. The Hall–Kier alpha value is -0.770. The molecule has 0 aliphatic carbocycles. The number of hydrogen-bond donors (Lipinski definition) is 1. The quantitative estimate of drug-likeness (QED) is 0.748. The minimum Gasteiger partial charge on any atom is -0.448 e. The van der Waals surface area contributed by atoms with Crippen molar-refractivity contribution in [1.82, 2.24) is 10.2 Å². The highest BCUT2D eigenvalue weighted by Gasteiger charge is 2.35. The standard InChI is InChI=1S/C11H20N2O2/c1-11(2)4-3-5-12-9(11)8-13-6-7-15-10(13)14/h9,12H,3-8H2,1-2H3. The predicted molar refractivity (Wildman–Crippen MR) is 57.7 cm³/mol. The predicted octanol–water partition coefficient (Wildman–Crippen LogP) is 1.22. The molecule has 0 aromatic heterocycles. The van der Waals surface area contributed by atoms with Gasteiger partial charge in [-0.15, -0.1) is 0 Å². The SMILES string of the molecule is CC1(C)CCCNC1CN1CCOC1=O. The van der Waals surface area contributed by atoms with E-state index in [9.17, 15) is 4.79 Å². The summed E-state index contributed by atoms with van der Waals surface area (Å²) in [7, 11) is 0. The first-order chi connectivity index (χ1) is 7.09. The summed E-state index contributed by atoms with van der Waals surface area (Å²) in [5, 5.41) is 3.51. The van der Waals surface area contributed by atoms with Crippen LogP contribution in [0.1, 0.15) is 26.7 Å². The van der Waals surface area contributed by atoms with Crippen LogP contribution in [-0.4, -0.2) is 43.3 Å². The Kier molecular flexibility index (Phi) is 2.87. The van der Waals surface area contributed by atoms with E-state index in [2.05, 4.69) is 19.2 Å². The molecule has 2 heterocycles. The Morgan fingerprint density at radius 2 is 2.40 bits per heavy atom. The number of carbonyl (C=O) groups is 1. The molecule has 0 radical (unpaired) electrons. The molecule has 1 N–H and O–H groups in total. The van der Waals surface area contributed by atoms with Gasteiger partial charge in [0.15, 0.2) is 0 Å². The summed E-state index contributed by atoms with van der Waals surface area (Å²) in [5.74, 6) is 0. The van der Waals surface area contributed by atoms with Crippen LogP contribution >= 0.6 is 0 Å². The fraction of sp³-hybridized carbons (Fsp3) is 0.909. The van der Waals surface area contributed by atoms with Crippen molar-refractivity contribution in [3.05, 3.63) is 0 Å². The van der Waals surface area contributed by atoms with Crippen molar-refractivity contribution in [1.29, 1.82) is 0 Å². The third-order valence-corrected chi connectivity index (χ3v) is 3.58. The third kappa shape index (κ3) is 2.25. The summed E-state index contributed by atoms with van der Waals surface area (Å²) in [6.07, 6.45) is 2.31. The molecule has 2 saturated heterocycles. The number of cyclic esters (lactones) is 1. The van der Waals surface area contributed by atoms with Crippen LogP contribution in [0.5, 0.6) is 0 Å². The lowest BCUT2D eigenvalue weighted by molar-refractivity contribution is 0.127. The molecule has 86 valence electrons. The fourth-order valence-corrected chi connectivity index (χ4v) is 2.39. The van der Waals surface area contributed by atoms with E-state index in [4.69, 9.17) is 4.74 Å². The smallest absolute Gasteiger partial charge is 0.409 e. The maximum atomic E-state index is 11.3. The van der Waals surface area contributed by atoms with Crippen molar-refractivity contribution in [2.75, 3.05) is 26.2 Å². The molecule has 15 heavy (non-hydrogen) atoms. The molecular weight excluding hydrogens is 192 g/mol. The van der Waals surface area contributed by atoms with Crippen molar-refractivity contribution in [2.45, 2.75) is 32.7 Å². The molecule has 1 unspecified atom stereocenters. The Morgan fingerprint density at radius 3 is 3.00 bits per heavy atom. The molecule has 2 fully saturated rings. The summed E-state index contributed by atoms with van der Waals surface area (Å²) in [6, 6.07) is 0.400. The first-order valence-electron chi connectivity index (χ1n) is 5.75. The van der Waals surface area contributed by atoms with Crippen molar-refractivity contribution in [2.24, 2.45) is 5.41 Å². The van der Waals surface area contributed by atoms with Crippen LogP contribution < -0.4 is 5.32 Å². The molecule has 0 spiro atoms. The van der Waals surface area contributed by atoms with Crippen LogP contribution in [0.3, 0.4) is 0 Å². The van der Waals surface area contributed by atoms with E-state index >= 15 is 0 Å². The molecule has 4 heteroatoms. The van der Waals surface area contributed by atoms with Gasteiger partial charge in [-0.1, -0.05) is 13.8 Å². The van der Waals surface area contributed by atoms with Crippen molar-refractivity contribution in [3.8, 4) is 0 Å². The lowest BCUT2D eigenvalue weighted by Crippen LogP contribution is -2.53. The van der Waals surface area contributed by atoms with Crippen molar-refractivity contribution >= 4 is 6.09 Å². The molecule has 0 aromatic carbocycles. The Bertz CT molecular complexity index is 253. The number of nitrogens with zero attached hydrogens (tertiary/aromatic N) is 1. The topological polar surface area (TPSA) is 41.6 Å². The van der Waals surface area contributed by atoms with Gasteiger partial charge in [-0.2, -0.15) is 0 Å². The summed E-state index contributed by atoms with van der Waals surface area (Å²) >= 11 is 0. The zero-order valence-corrected chi connectivity index (χ0v) is 9.58. The van der Waals surface area contributed by atoms with E-state index in [0.29, 0.717) is 12.6 Å². The molecular formula is C11H20N2O2. The van der Waals surface area contributed by atoms with Gasteiger partial charge in [-0.05, 0) is 24.8 Å². The molecule has 4 nitrogen and oxygen atoms in total. The van der Waals surface area contributed by atoms with E-state index in [1.807, 2.05) is 4.90 Å². The van der Waals surface area contributed by atoms with Crippen LogP contribution in [0.4, 0.5) is 4.79 Å². The van der Waals surface area contributed by atoms with Crippen LogP contribution in [-0.2, 0) is 4.74 Å². The second kappa shape index (κ2) is 4.00. The largest absolute Gasteiger partial charge is 0.448 e. The number of carbonyl (C=O) groups excluding carboxylic acids is 1. The molecule has 0 aromatic rings. The highest BCUT2D eigenvalue weighted by molar-refractivity contribution is 5.69. The fourth-order valence-electron chi connectivity index (χ4n) is 2.39. The van der Waals surface area contributed by atoms with E-state index in [0.717, 1.165) is 19.6 Å². The van der Waals surface area contributed by atoms with E-state index in [1.54, 1.807) is 0 Å². The Morgan fingerprint density at radius 1 is 1.60 bits per heavy atom. The van der Waals surface area contributed by atoms with Crippen LogP contribution in [0.15, 0.2) is 0 Å². The minimum atomic E-state index is -0.154. The Balaban J connectivity index is 1.94. The Labute approximate surface area is 91.0 Å². The summed E-state index contributed by atoms with van der Waals surface area (Å²) in [6.45, 7) is 7.68. The van der Waals surface area contributed by atoms with Crippen LogP contribution in [0.2, 0.25) is 0 Å². The second-order valence-electron chi connectivity index (χ2n) is 5.16. The van der Waals surface area contributed by atoms with Gasteiger partial charge in [-0.25, -0.2) is 4.79 Å². The first-order valence-corrected chi connectivity index (χ1v) is 5.75. The maximum Gasteiger partial charge on any atom is 0.409 e. The number of amides is 1. The van der Waals surface area contributed by atoms with Gasteiger partial charge in [0.05, 0.1) is 6.54 Å². The number of piperidine rings is 1. The van der Waals surface area contributed by atoms with E-state index in [1.165, 1.54) is 12.8 Å². The lowest BCUT2D eigenvalue weighted by Gasteiger charge is -2.40. The van der Waals surface area contributed by atoms with Gasteiger partial charge >= 0.3 is 6.09 Å². The van der Waals surface area contributed by atoms with E-state index in [-0.39, 0.29) is 11.5 Å². The first kappa shape index (κ1) is 10.7. The molecule has 2 aliphatic rings. The number of hydrogen-bond acceptors (Lipinski definition) is 3. The van der Waals surface area contributed by atoms with Gasteiger partial charge in [0.2, 0.25) is 0 Å². The molecule has 1 amide bonds. The van der Waals surface area contributed by atoms with Gasteiger partial charge < -0.3 is 15.0 Å². The van der Waals surface area contributed by atoms with Crippen molar-refractivity contribution < 1.29 is 9.53 Å².